The van der Waals surface area contributed by atoms with E-state index in [0.717, 1.165) is 4.90 Å². The second-order valence-electron chi connectivity index (χ2n) is 6.10. The van der Waals surface area contributed by atoms with Gasteiger partial charge < -0.3 is 28.0 Å². The number of hydrogen-bond donors (Lipinski definition) is 5. The van der Waals surface area contributed by atoms with Crippen LogP contribution in [0.5, 0.6) is 5.75 Å². The number of carbonyl (C=O) groups is 3. The second-order valence-corrected chi connectivity index (χ2v) is 6.10. The summed E-state index contributed by atoms with van der Waals surface area (Å²) in [4.78, 5) is 37.0. The number of hydrogen-bond acceptors (Lipinski definition) is 7. The van der Waals surface area contributed by atoms with Crippen LogP contribution >= 0.6 is 0 Å². The summed E-state index contributed by atoms with van der Waals surface area (Å²) in [7, 11) is 0. The summed E-state index contributed by atoms with van der Waals surface area (Å²) < 4.78 is 0. The lowest BCUT2D eigenvalue weighted by Crippen LogP contribution is -2.55. The number of rotatable bonds is 10. The van der Waals surface area contributed by atoms with Crippen LogP contribution in [-0.2, 0) is 20.8 Å². The van der Waals surface area contributed by atoms with Crippen LogP contribution in [0.4, 0.5) is 0 Å². The van der Waals surface area contributed by atoms with E-state index < -0.39 is 36.3 Å². The number of phenols is 1. The molecule has 1 aromatic carbocycles. The van der Waals surface area contributed by atoms with Crippen molar-refractivity contribution in [3.63, 3.8) is 0 Å². The minimum atomic E-state index is -1.06. The standard InChI is InChI=1S/C17H27N5O4/c18-8-2-1-3-13(19)16(25)22(10-15(21)24)17(26)14(20)9-11-4-6-12(23)7-5-11/h4-7,13-14,23H,1-3,8-10,18-20H2,(H2,21,24)/t13-,14-/m0/s1. The number of carbonyl (C=O) groups excluding carboxylic acids is 3. The molecule has 2 atom stereocenters. The van der Waals surface area contributed by atoms with E-state index in [-0.39, 0.29) is 12.2 Å². The fraction of sp³-hybridized carbons (Fsp3) is 0.471. The lowest BCUT2D eigenvalue weighted by Gasteiger charge is -2.25. The second kappa shape index (κ2) is 10.5. The Hall–Kier alpha value is -2.49. The van der Waals surface area contributed by atoms with Crippen LogP contribution in [0.3, 0.4) is 0 Å². The molecule has 0 radical (unpaired) electrons. The molecule has 0 heterocycles. The van der Waals surface area contributed by atoms with Gasteiger partial charge >= 0.3 is 0 Å². The first-order valence-electron chi connectivity index (χ1n) is 8.39. The van der Waals surface area contributed by atoms with Gasteiger partial charge in [-0.3, -0.25) is 19.3 Å². The van der Waals surface area contributed by atoms with Gasteiger partial charge in [-0.25, -0.2) is 0 Å². The molecule has 0 fully saturated rings. The Morgan fingerprint density at radius 3 is 2.12 bits per heavy atom. The highest BCUT2D eigenvalue weighted by Crippen LogP contribution is 2.12. The van der Waals surface area contributed by atoms with Crippen LogP contribution in [0.1, 0.15) is 24.8 Å². The number of benzene rings is 1. The van der Waals surface area contributed by atoms with Gasteiger partial charge in [-0.05, 0) is 43.5 Å². The molecule has 0 aliphatic carbocycles. The van der Waals surface area contributed by atoms with E-state index in [1.165, 1.54) is 12.1 Å². The van der Waals surface area contributed by atoms with E-state index in [9.17, 15) is 19.5 Å². The lowest BCUT2D eigenvalue weighted by molar-refractivity contribution is -0.149. The molecule has 0 aliphatic heterocycles. The molecule has 1 aromatic rings. The van der Waals surface area contributed by atoms with Crippen molar-refractivity contribution in [2.45, 2.75) is 37.8 Å². The Morgan fingerprint density at radius 2 is 1.58 bits per heavy atom. The van der Waals surface area contributed by atoms with Gasteiger partial charge in [-0.2, -0.15) is 0 Å². The zero-order valence-electron chi connectivity index (χ0n) is 14.6. The maximum absolute atomic E-state index is 12.6. The highest BCUT2D eigenvalue weighted by Gasteiger charge is 2.31. The summed E-state index contributed by atoms with van der Waals surface area (Å²) in [5.74, 6) is -2.16. The fourth-order valence-electron chi connectivity index (χ4n) is 2.43. The molecule has 3 amide bonds. The Kier molecular flexibility index (Phi) is 8.70. The van der Waals surface area contributed by atoms with Gasteiger partial charge in [-0.15, -0.1) is 0 Å². The minimum Gasteiger partial charge on any atom is -0.508 e. The van der Waals surface area contributed by atoms with Crippen LogP contribution in [0.25, 0.3) is 0 Å². The molecule has 0 unspecified atom stereocenters. The maximum Gasteiger partial charge on any atom is 0.246 e. The number of nitrogens with two attached hydrogens (primary N) is 4. The molecular weight excluding hydrogens is 338 g/mol. The average Bonchev–Trinajstić information content (AvgIpc) is 2.60. The van der Waals surface area contributed by atoms with Crippen molar-refractivity contribution >= 4 is 17.7 Å². The molecule has 144 valence electrons. The highest BCUT2D eigenvalue weighted by molar-refractivity contribution is 6.02. The molecule has 1 rings (SSSR count). The van der Waals surface area contributed by atoms with Crippen LogP contribution in [-0.4, -0.2) is 52.9 Å². The Labute approximate surface area is 152 Å². The van der Waals surface area contributed by atoms with E-state index in [4.69, 9.17) is 22.9 Å². The lowest BCUT2D eigenvalue weighted by atomic mass is 10.0. The summed E-state index contributed by atoms with van der Waals surface area (Å²) in [6.07, 6.45) is 1.79. The smallest absolute Gasteiger partial charge is 0.246 e. The van der Waals surface area contributed by atoms with Gasteiger partial charge in [0.25, 0.3) is 0 Å². The van der Waals surface area contributed by atoms with Gasteiger partial charge in [0.05, 0.1) is 12.1 Å². The van der Waals surface area contributed by atoms with Crippen molar-refractivity contribution < 1.29 is 19.5 Å². The molecule has 0 aromatic heterocycles. The van der Waals surface area contributed by atoms with Crippen LogP contribution < -0.4 is 22.9 Å². The van der Waals surface area contributed by atoms with E-state index >= 15 is 0 Å². The first-order valence-corrected chi connectivity index (χ1v) is 8.39. The fourth-order valence-corrected chi connectivity index (χ4v) is 2.43. The predicted octanol–water partition coefficient (Wildman–Crippen LogP) is -1.44. The summed E-state index contributed by atoms with van der Waals surface area (Å²) in [5.41, 5.74) is 23.0. The molecular formula is C17H27N5O4. The van der Waals surface area contributed by atoms with Gasteiger partial charge in [0.2, 0.25) is 17.7 Å². The zero-order chi connectivity index (χ0) is 19.7. The third-order valence-corrected chi connectivity index (χ3v) is 3.84. The van der Waals surface area contributed by atoms with Crippen LogP contribution in [0.2, 0.25) is 0 Å². The quantitative estimate of drug-likeness (QED) is 0.315. The average molecular weight is 365 g/mol. The molecule has 0 saturated carbocycles. The molecule has 9 nitrogen and oxygen atoms in total. The molecule has 9 N–H and O–H groups in total. The molecule has 0 bridgehead atoms. The Bertz CT molecular complexity index is 620. The predicted molar refractivity (Wildman–Crippen MR) is 96.6 cm³/mol. The minimum absolute atomic E-state index is 0.0858. The Morgan fingerprint density at radius 1 is 1.00 bits per heavy atom. The summed E-state index contributed by atoms with van der Waals surface area (Å²) in [6.45, 7) is -0.103. The van der Waals surface area contributed by atoms with Gasteiger partial charge in [0.15, 0.2) is 0 Å². The first-order chi connectivity index (χ1) is 12.3. The van der Waals surface area contributed by atoms with Gasteiger partial charge in [-0.1, -0.05) is 18.6 Å². The first kappa shape index (κ1) is 21.6. The molecule has 9 heteroatoms. The number of imide groups is 1. The largest absolute Gasteiger partial charge is 0.508 e. The van der Waals surface area contributed by atoms with E-state index in [1.807, 2.05) is 0 Å². The van der Waals surface area contributed by atoms with Crippen LogP contribution in [0.15, 0.2) is 24.3 Å². The van der Waals surface area contributed by atoms with E-state index in [0.29, 0.717) is 31.4 Å². The van der Waals surface area contributed by atoms with Crippen molar-refractivity contribution in [1.29, 1.82) is 0 Å². The number of phenolic OH excluding ortho intramolecular Hbond substituents is 1. The van der Waals surface area contributed by atoms with Gasteiger partial charge in [0.1, 0.15) is 12.3 Å². The maximum atomic E-state index is 12.6. The number of primary amides is 1. The molecule has 0 saturated heterocycles. The number of amides is 3. The van der Waals surface area contributed by atoms with Crippen molar-refractivity contribution in [1.82, 2.24) is 4.90 Å². The van der Waals surface area contributed by atoms with Gasteiger partial charge in [0, 0.05) is 0 Å². The third-order valence-electron chi connectivity index (χ3n) is 3.84. The number of nitrogens with zero attached hydrogens (tertiary/aromatic N) is 1. The normalized spacial score (nSPS) is 13.0. The van der Waals surface area contributed by atoms with E-state index in [1.54, 1.807) is 12.1 Å². The van der Waals surface area contributed by atoms with Crippen molar-refractivity contribution in [3.05, 3.63) is 29.8 Å². The van der Waals surface area contributed by atoms with E-state index in [2.05, 4.69) is 0 Å². The van der Waals surface area contributed by atoms with Crippen molar-refractivity contribution in [3.8, 4) is 5.75 Å². The highest BCUT2D eigenvalue weighted by atomic mass is 16.3. The molecule has 0 aliphatic rings. The van der Waals surface area contributed by atoms with Crippen molar-refractivity contribution in [2.24, 2.45) is 22.9 Å². The zero-order valence-corrected chi connectivity index (χ0v) is 14.6. The van der Waals surface area contributed by atoms with Crippen LogP contribution in [0, 0.1) is 0 Å². The SMILES string of the molecule is NCCCC[C@H](N)C(=O)N(CC(N)=O)C(=O)[C@@H](N)Cc1ccc(O)cc1. The molecule has 26 heavy (non-hydrogen) atoms. The topological polar surface area (TPSA) is 179 Å². The number of unbranched alkanes of at least 4 members (excludes halogenated alkanes) is 1. The summed E-state index contributed by atoms with van der Waals surface area (Å²) >= 11 is 0. The summed E-state index contributed by atoms with van der Waals surface area (Å²) in [5, 5.41) is 9.29. The monoisotopic (exact) mass is 365 g/mol. The third kappa shape index (κ3) is 6.79. The number of aromatic hydroxyl groups is 1. The van der Waals surface area contributed by atoms with Crippen molar-refractivity contribution in [2.75, 3.05) is 13.1 Å². The Balaban J connectivity index is 2.81. The summed E-state index contributed by atoms with van der Waals surface area (Å²) in [6, 6.07) is 4.16. The molecule has 0 spiro atoms.